The van der Waals surface area contributed by atoms with Gasteiger partial charge in [-0.3, -0.25) is 4.79 Å². The highest BCUT2D eigenvalue weighted by atomic mass is 127. The molecule has 0 aromatic heterocycles. The monoisotopic (exact) mass is 449 g/mol. The molecule has 3 rings (SSSR count). The van der Waals surface area contributed by atoms with Gasteiger partial charge in [-0.15, -0.1) is 0 Å². The van der Waals surface area contributed by atoms with Crippen LogP contribution in [0.15, 0.2) is 24.3 Å². The summed E-state index contributed by atoms with van der Waals surface area (Å²) in [6.07, 6.45) is 1.87. The number of hydrogen-bond acceptors (Lipinski definition) is 3. The minimum absolute atomic E-state index is 0.0281. The van der Waals surface area contributed by atoms with E-state index in [4.69, 9.17) is 0 Å². The number of carbonyl (C=O) groups excluding carboxylic acids is 1. The molecular weight excluding hydrogens is 429 g/mol. The minimum atomic E-state index is -3.35. The zero-order valence-corrected chi connectivity index (χ0v) is 15.8. The van der Waals surface area contributed by atoms with E-state index in [2.05, 4.69) is 22.6 Å². The lowest BCUT2D eigenvalue weighted by atomic mass is 10.2. The van der Waals surface area contributed by atoms with Crippen molar-refractivity contribution in [2.75, 3.05) is 39.3 Å². The Hall–Kier alpha value is -0.710. The molecule has 1 aromatic carbocycles. The van der Waals surface area contributed by atoms with Crippen LogP contribution in [0.2, 0.25) is 0 Å². The number of rotatable bonds is 3. The maximum atomic E-state index is 12.5. The van der Waals surface area contributed by atoms with Gasteiger partial charge in [0, 0.05) is 48.4 Å². The summed E-state index contributed by atoms with van der Waals surface area (Å²) in [7, 11) is -3.35. The molecule has 0 saturated carbocycles. The fraction of sp³-hybridized carbons (Fsp3) is 0.533. The summed E-state index contributed by atoms with van der Waals surface area (Å²) in [6.45, 7) is 2.86. The molecule has 2 fully saturated rings. The third-order valence-corrected chi connectivity index (χ3v) is 7.09. The molecule has 2 saturated heterocycles. The molecule has 2 aliphatic heterocycles. The van der Waals surface area contributed by atoms with Crippen molar-refractivity contribution in [3.63, 3.8) is 0 Å². The van der Waals surface area contributed by atoms with Crippen LogP contribution in [0.3, 0.4) is 0 Å². The van der Waals surface area contributed by atoms with Crippen LogP contribution >= 0.6 is 22.6 Å². The first-order valence-corrected chi connectivity index (χ1v) is 10.3. The van der Waals surface area contributed by atoms with Crippen molar-refractivity contribution in [3.8, 4) is 0 Å². The average Bonchev–Trinajstić information content (AvgIpc) is 3.10. The second kappa shape index (κ2) is 7.04. The van der Waals surface area contributed by atoms with Gasteiger partial charge in [0.15, 0.2) is 0 Å². The van der Waals surface area contributed by atoms with E-state index in [1.165, 1.54) is 4.31 Å². The van der Waals surface area contributed by atoms with E-state index >= 15 is 0 Å². The van der Waals surface area contributed by atoms with Gasteiger partial charge in [-0.2, -0.15) is 17.0 Å². The molecule has 0 radical (unpaired) electrons. The predicted octanol–water partition coefficient (Wildman–Crippen LogP) is 1.39. The molecule has 126 valence electrons. The number of piperazine rings is 1. The molecule has 1 amide bonds. The van der Waals surface area contributed by atoms with Gasteiger partial charge in [0.25, 0.3) is 16.1 Å². The lowest BCUT2D eigenvalue weighted by Gasteiger charge is -2.35. The van der Waals surface area contributed by atoms with Crippen molar-refractivity contribution in [2.24, 2.45) is 0 Å². The van der Waals surface area contributed by atoms with E-state index in [1.54, 1.807) is 9.21 Å². The van der Waals surface area contributed by atoms with E-state index in [0.29, 0.717) is 44.8 Å². The first kappa shape index (κ1) is 17.1. The molecule has 0 atom stereocenters. The summed E-state index contributed by atoms with van der Waals surface area (Å²) in [5, 5.41) is 0. The first-order valence-electron chi connectivity index (χ1n) is 7.78. The second-order valence-electron chi connectivity index (χ2n) is 5.81. The molecule has 0 unspecified atom stereocenters. The summed E-state index contributed by atoms with van der Waals surface area (Å²) in [5.41, 5.74) is 0.654. The van der Waals surface area contributed by atoms with Crippen molar-refractivity contribution in [1.82, 2.24) is 13.5 Å². The summed E-state index contributed by atoms with van der Waals surface area (Å²) in [6, 6.07) is 7.44. The van der Waals surface area contributed by atoms with Gasteiger partial charge in [-0.1, -0.05) is 0 Å². The molecule has 2 aliphatic rings. The van der Waals surface area contributed by atoms with Crippen molar-refractivity contribution in [3.05, 3.63) is 33.4 Å². The molecule has 23 heavy (non-hydrogen) atoms. The Bertz CT molecular complexity index is 664. The fourth-order valence-electron chi connectivity index (χ4n) is 2.98. The third kappa shape index (κ3) is 3.70. The van der Waals surface area contributed by atoms with Gasteiger partial charge in [0.1, 0.15) is 0 Å². The third-order valence-electron chi connectivity index (χ3n) is 4.33. The van der Waals surface area contributed by atoms with E-state index in [1.807, 2.05) is 24.3 Å². The normalized spacial score (nSPS) is 20.8. The van der Waals surface area contributed by atoms with Crippen LogP contribution in [0, 0.1) is 3.57 Å². The van der Waals surface area contributed by atoms with Crippen LogP contribution in [0.25, 0.3) is 0 Å². The standard InChI is InChI=1S/C15H20IN3O3S/c16-14-5-3-13(4-6-14)15(20)17-9-11-19(12-10-17)23(21,22)18-7-1-2-8-18/h3-6H,1-2,7-12H2. The van der Waals surface area contributed by atoms with Gasteiger partial charge in [-0.25, -0.2) is 0 Å². The molecule has 0 aliphatic carbocycles. The second-order valence-corrected chi connectivity index (χ2v) is 8.99. The minimum Gasteiger partial charge on any atom is -0.336 e. The number of amides is 1. The Morgan fingerprint density at radius 3 is 1.96 bits per heavy atom. The maximum absolute atomic E-state index is 12.5. The number of hydrogen-bond donors (Lipinski definition) is 0. The Kier molecular flexibility index (Phi) is 5.24. The highest BCUT2D eigenvalue weighted by Gasteiger charge is 2.34. The molecule has 6 nitrogen and oxygen atoms in total. The SMILES string of the molecule is O=C(c1ccc(I)cc1)N1CCN(S(=O)(=O)N2CCCC2)CC1. The van der Waals surface area contributed by atoms with Crippen molar-refractivity contribution in [2.45, 2.75) is 12.8 Å². The summed E-state index contributed by atoms with van der Waals surface area (Å²) < 4.78 is 29.2. The summed E-state index contributed by atoms with van der Waals surface area (Å²) in [5.74, 6) is -0.0281. The van der Waals surface area contributed by atoms with Crippen LogP contribution in [-0.2, 0) is 10.2 Å². The maximum Gasteiger partial charge on any atom is 0.282 e. The highest BCUT2D eigenvalue weighted by molar-refractivity contribution is 14.1. The number of benzene rings is 1. The summed E-state index contributed by atoms with van der Waals surface area (Å²) in [4.78, 5) is 14.2. The predicted molar refractivity (Wildman–Crippen MR) is 96.4 cm³/mol. The zero-order chi connectivity index (χ0) is 16.4. The number of nitrogens with zero attached hydrogens (tertiary/aromatic N) is 3. The molecule has 2 heterocycles. The van der Waals surface area contributed by atoms with Crippen LogP contribution in [-0.4, -0.2) is 67.1 Å². The lowest BCUT2D eigenvalue weighted by Crippen LogP contribution is -2.53. The summed E-state index contributed by atoms with van der Waals surface area (Å²) >= 11 is 2.20. The van der Waals surface area contributed by atoms with Crippen LogP contribution in [0.5, 0.6) is 0 Å². The Balaban J connectivity index is 1.62. The Morgan fingerprint density at radius 1 is 0.870 bits per heavy atom. The smallest absolute Gasteiger partial charge is 0.282 e. The average molecular weight is 449 g/mol. The Morgan fingerprint density at radius 2 is 1.39 bits per heavy atom. The van der Waals surface area contributed by atoms with Crippen LogP contribution < -0.4 is 0 Å². The number of carbonyl (C=O) groups is 1. The van der Waals surface area contributed by atoms with Gasteiger partial charge in [-0.05, 0) is 59.7 Å². The Labute approximate surface area is 150 Å². The quantitative estimate of drug-likeness (QED) is 0.656. The van der Waals surface area contributed by atoms with Gasteiger partial charge >= 0.3 is 0 Å². The topological polar surface area (TPSA) is 60.9 Å². The highest BCUT2D eigenvalue weighted by Crippen LogP contribution is 2.19. The molecule has 0 spiro atoms. The van der Waals surface area contributed by atoms with Crippen molar-refractivity contribution >= 4 is 38.7 Å². The van der Waals surface area contributed by atoms with Crippen molar-refractivity contribution in [1.29, 1.82) is 0 Å². The van der Waals surface area contributed by atoms with Crippen LogP contribution in [0.4, 0.5) is 0 Å². The lowest BCUT2D eigenvalue weighted by molar-refractivity contribution is 0.0694. The van der Waals surface area contributed by atoms with E-state index in [-0.39, 0.29) is 5.91 Å². The van der Waals surface area contributed by atoms with Gasteiger partial charge in [0.2, 0.25) is 0 Å². The molecule has 0 N–H and O–H groups in total. The fourth-order valence-corrected chi connectivity index (χ4v) is 5.01. The largest absolute Gasteiger partial charge is 0.336 e. The first-order chi connectivity index (χ1) is 11.0. The van der Waals surface area contributed by atoms with E-state index in [0.717, 1.165) is 16.4 Å². The molecule has 1 aromatic rings. The van der Waals surface area contributed by atoms with E-state index in [9.17, 15) is 13.2 Å². The molecule has 0 bridgehead atoms. The number of halogens is 1. The van der Waals surface area contributed by atoms with Crippen molar-refractivity contribution < 1.29 is 13.2 Å². The van der Waals surface area contributed by atoms with Gasteiger partial charge < -0.3 is 4.90 Å². The van der Waals surface area contributed by atoms with Crippen LogP contribution in [0.1, 0.15) is 23.2 Å². The molecular formula is C15H20IN3O3S. The van der Waals surface area contributed by atoms with Gasteiger partial charge in [0.05, 0.1) is 0 Å². The van der Waals surface area contributed by atoms with E-state index < -0.39 is 10.2 Å². The zero-order valence-electron chi connectivity index (χ0n) is 12.8. The molecule has 8 heteroatoms.